The van der Waals surface area contributed by atoms with E-state index in [1.54, 1.807) is 0 Å². The SMILES string of the molecule is Cc1ccnc(CCC2CC(=O)c3ccccc3O2)c1. The molecule has 3 rings (SSSR count). The van der Waals surface area contributed by atoms with E-state index in [-0.39, 0.29) is 11.9 Å². The molecule has 20 heavy (non-hydrogen) atoms. The van der Waals surface area contributed by atoms with Crippen LogP contribution in [-0.2, 0) is 6.42 Å². The fourth-order valence-electron chi connectivity index (χ4n) is 2.54. The summed E-state index contributed by atoms with van der Waals surface area (Å²) in [4.78, 5) is 16.4. The zero-order valence-corrected chi connectivity index (χ0v) is 11.5. The summed E-state index contributed by atoms with van der Waals surface area (Å²) in [5.74, 6) is 0.889. The van der Waals surface area contributed by atoms with Crippen LogP contribution in [0.4, 0.5) is 0 Å². The summed E-state index contributed by atoms with van der Waals surface area (Å²) in [6.07, 6.45) is 3.90. The molecule has 1 aromatic carbocycles. The van der Waals surface area contributed by atoms with E-state index in [0.717, 1.165) is 18.5 Å². The molecule has 0 saturated carbocycles. The summed E-state index contributed by atoms with van der Waals surface area (Å²) in [5, 5.41) is 0. The zero-order chi connectivity index (χ0) is 13.9. The number of hydrogen-bond acceptors (Lipinski definition) is 3. The zero-order valence-electron chi connectivity index (χ0n) is 11.5. The van der Waals surface area contributed by atoms with E-state index in [1.165, 1.54) is 5.56 Å². The number of ether oxygens (including phenoxy) is 1. The van der Waals surface area contributed by atoms with Gasteiger partial charge in [-0.15, -0.1) is 0 Å². The number of aromatic nitrogens is 1. The largest absolute Gasteiger partial charge is 0.489 e. The van der Waals surface area contributed by atoms with Crippen molar-refractivity contribution in [2.24, 2.45) is 0 Å². The molecule has 2 aromatic rings. The maximum atomic E-state index is 12.1. The Morgan fingerprint density at radius 3 is 3.00 bits per heavy atom. The van der Waals surface area contributed by atoms with E-state index in [4.69, 9.17) is 4.74 Å². The molecule has 0 radical (unpaired) electrons. The van der Waals surface area contributed by atoms with Gasteiger partial charge >= 0.3 is 0 Å². The lowest BCUT2D eigenvalue weighted by Gasteiger charge is -2.25. The van der Waals surface area contributed by atoms with E-state index in [0.29, 0.717) is 17.7 Å². The summed E-state index contributed by atoms with van der Waals surface area (Å²) in [6.45, 7) is 2.06. The van der Waals surface area contributed by atoms with Gasteiger partial charge in [-0.1, -0.05) is 12.1 Å². The Morgan fingerprint density at radius 1 is 1.30 bits per heavy atom. The molecule has 1 aromatic heterocycles. The number of Topliss-reactive ketones (excluding diaryl/α,β-unsaturated/α-hetero) is 1. The topological polar surface area (TPSA) is 39.2 Å². The predicted octanol–water partition coefficient (Wildman–Crippen LogP) is 3.36. The van der Waals surface area contributed by atoms with E-state index in [9.17, 15) is 4.79 Å². The number of nitrogens with zero attached hydrogens (tertiary/aromatic N) is 1. The van der Waals surface area contributed by atoms with E-state index in [1.807, 2.05) is 36.5 Å². The predicted molar refractivity (Wildman–Crippen MR) is 77.1 cm³/mol. The first-order valence-electron chi connectivity index (χ1n) is 6.93. The first-order valence-corrected chi connectivity index (χ1v) is 6.93. The van der Waals surface area contributed by atoms with Crippen LogP contribution >= 0.6 is 0 Å². The van der Waals surface area contributed by atoms with E-state index in [2.05, 4.69) is 18.0 Å². The van der Waals surface area contributed by atoms with Gasteiger partial charge in [0.25, 0.3) is 0 Å². The standard InChI is InChI=1S/C17H17NO2/c1-12-8-9-18-13(10-12)6-7-14-11-16(19)15-4-2-3-5-17(15)20-14/h2-5,8-10,14H,6-7,11H2,1H3. The van der Waals surface area contributed by atoms with Gasteiger partial charge in [-0.05, 0) is 49.6 Å². The molecule has 1 atom stereocenters. The minimum atomic E-state index is -0.0419. The average molecular weight is 267 g/mol. The lowest BCUT2D eigenvalue weighted by Crippen LogP contribution is -2.27. The Bertz CT molecular complexity index is 636. The van der Waals surface area contributed by atoms with Crippen LogP contribution in [0, 0.1) is 6.92 Å². The van der Waals surface area contributed by atoms with Crippen LogP contribution in [0.15, 0.2) is 42.6 Å². The third-order valence-corrected chi connectivity index (χ3v) is 3.59. The molecule has 1 aliphatic rings. The van der Waals surface area contributed by atoms with Gasteiger partial charge in [0.15, 0.2) is 5.78 Å². The van der Waals surface area contributed by atoms with Gasteiger partial charge in [-0.3, -0.25) is 9.78 Å². The average Bonchev–Trinajstić information content (AvgIpc) is 2.45. The Morgan fingerprint density at radius 2 is 2.15 bits per heavy atom. The smallest absolute Gasteiger partial charge is 0.170 e. The van der Waals surface area contributed by atoms with Gasteiger partial charge in [0.1, 0.15) is 11.9 Å². The van der Waals surface area contributed by atoms with Crippen molar-refractivity contribution < 1.29 is 9.53 Å². The van der Waals surface area contributed by atoms with Crippen molar-refractivity contribution in [1.82, 2.24) is 4.98 Å². The summed E-state index contributed by atoms with van der Waals surface area (Å²) < 4.78 is 5.91. The molecule has 1 unspecified atom stereocenters. The molecule has 0 spiro atoms. The highest BCUT2D eigenvalue weighted by Gasteiger charge is 2.25. The second kappa shape index (κ2) is 5.45. The second-order valence-corrected chi connectivity index (χ2v) is 5.23. The van der Waals surface area contributed by atoms with Crippen molar-refractivity contribution in [3.8, 4) is 5.75 Å². The minimum absolute atomic E-state index is 0.0419. The molecule has 3 nitrogen and oxygen atoms in total. The molecule has 0 saturated heterocycles. The number of pyridine rings is 1. The maximum Gasteiger partial charge on any atom is 0.170 e. The fraction of sp³-hybridized carbons (Fsp3) is 0.294. The second-order valence-electron chi connectivity index (χ2n) is 5.23. The quantitative estimate of drug-likeness (QED) is 0.856. The maximum absolute atomic E-state index is 12.1. The number of aryl methyl sites for hydroxylation is 2. The normalized spacial score (nSPS) is 17.4. The lowest BCUT2D eigenvalue weighted by molar-refractivity contribution is 0.0839. The van der Waals surface area contributed by atoms with Crippen LogP contribution in [0.1, 0.15) is 34.5 Å². The Hall–Kier alpha value is -2.16. The van der Waals surface area contributed by atoms with Gasteiger partial charge in [-0.2, -0.15) is 0 Å². The van der Waals surface area contributed by atoms with Gasteiger partial charge in [-0.25, -0.2) is 0 Å². The molecule has 0 fully saturated rings. The molecule has 0 amide bonds. The number of ketones is 1. The number of carbonyl (C=O) groups excluding carboxylic acids is 1. The van der Waals surface area contributed by atoms with Crippen molar-refractivity contribution in [2.75, 3.05) is 0 Å². The third kappa shape index (κ3) is 2.72. The van der Waals surface area contributed by atoms with Crippen LogP contribution in [0.2, 0.25) is 0 Å². The Balaban J connectivity index is 1.67. The van der Waals surface area contributed by atoms with Crippen LogP contribution in [0.25, 0.3) is 0 Å². The molecule has 0 N–H and O–H groups in total. The highest BCUT2D eigenvalue weighted by atomic mass is 16.5. The van der Waals surface area contributed by atoms with Crippen LogP contribution in [0.5, 0.6) is 5.75 Å². The molecule has 0 aliphatic carbocycles. The van der Waals surface area contributed by atoms with Gasteiger partial charge < -0.3 is 4.74 Å². The Kier molecular flexibility index (Phi) is 3.50. The molecular formula is C17H17NO2. The number of fused-ring (bicyclic) bond motifs is 1. The number of benzene rings is 1. The van der Waals surface area contributed by atoms with E-state index >= 15 is 0 Å². The van der Waals surface area contributed by atoms with Gasteiger partial charge in [0, 0.05) is 18.3 Å². The summed E-state index contributed by atoms with van der Waals surface area (Å²) in [5.41, 5.74) is 2.97. The van der Waals surface area contributed by atoms with Gasteiger partial charge in [0.05, 0.1) is 5.56 Å². The summed E-state index contributed by atoms with van der Waals surface area (Å²) in [7, 11) is 0. The molecular weight excluding hydrogens is 250 g/mol. The molecule has 2 heterocycles. The molecule has 3 heteroatoms. The first-order chi connectivity index (χ1) is 9.72. The highest BCUT2D eigenvalue weighted by molar-refractivity contribution is 5.99. The first kappa shape index (κ1) is 12.9. The third-order valence-electron chi connectivity index (χ3n) is 3.59. The summed E-state index contributed by atoms with van der Waals surface area (Å²) >= 11 is 0. The number of hydrogen-bond donors (Lipinski definition) is 0. The Labute approximate surface area is 118 Å². The highest BCUT2D eigenvalue weighted by Crippen LogP contribution is 2.28. The fourth-order valence-corrected chi connectivity index (χ4v) is 2.54. The monoisotopic (exact) mass is 267 g/mol. The van der Waals surface area contributed by atoms with Crippen molar-refractivity contribution in [3.63, 3.8) is 0 Å². The molecule has 0 bridgehead atoms. The van der Waals surface area contributed by atoms with Crippen molar-refractivity contribution in [2.45, 2.75) is 32.3 Å². The number of para-hydroxylation sites is 1. The molecule has 102 valence electrons. The molecule has 1 aliphatic heterocycles. The minimum Gasteiger partial charge on any atom is -0.489 e. The van der Waals surface area contributed by atoms with Crippen molar-refractivity contribution >= 4 is 5.78 Å². The van der Waals surface area contributed by atoms with E-state index < -0.39 is 0 Å². The van der Waals surface area contributed by atoms with Gasteiger partial charge in [0.2, 0.25) is 0 Å². The summed E-state index contributed by atoms with van der Waals surface area (Å²) in [6, 6.07) is 11.5. The number of carbonyl (C=O) groups is 1. The lowest BCUT2D eigenvalue weighted by atomic mass is 9.97. The van der Waals surface area contributed by atoms with Crippen molar-refractivity contribution in [3.05, 3.63) is 59.4 Å². The van der Waals surface area contributed by atoms with Crippen LogP contribution < -0.4 is 4.74 Å². The van der Waals surface area contributed by atoms with Crippen LogP contribution in [0.3, 0.4) is 0 Å². The van der Waals surface area contributed by atoms with Crippen molar-refractivity contribution in [1.29, 1.82) is 0 Å². The van der Waals surface area contributed by atoms with Crippen LogP contribution in [-0.4, -0.2) is 16.9 Å². The number of rotatable bonds is 3.